The Balaban J connectivity index is 1.40. The van der Waals surface area contributed by atoms with Gasteiger partial charge in [-0.15, -0.1) is 0 Å². The molecule has 0 aliphatic carbocycles. The van der Waals surface area contributed by atoms with Gasteiger partial charge in [-0.2, -0.15) is 0 Å². The number of fused-ring (bicyclic) bond motifs is 1. The van der Waals surface area contributed by atoms with Crippen LogP contribution in [0.2, 0.25) is 0 Å². The molecule has 1 aliphatic rings. The van der Waals surface area contributed by atoms with Gasteiger partial charge in [0.1, 0.15) is 0 Å². The second kappa shape index (κ2) is 8.08. The van der Waals surface area contributed by atoms with Crippen LogP contribution in [0.3, 0.4) is 0 Å². The lowest BCUT2D eigenvalue weighted by atomic mass is 10.1. The maximum absolute atomic E-state index is 12.6. The number of rotatable bonds is 5. The SMILES string of the molecule is O=C(Cc1c[nH]c2ccccc12)NNC(=O)c1ccccc1CN1C(=O)CNC1=O. The zero-order valence-corrected chi connectivity index (χ0v) is 15.9. The van der Waals surface area contributed by atoms with E-state index in [4.69, 9.17) is 0 Å². The van der Waals surface area contributed by atoms with Crippen LogP contribution in [0.15, 0.2) is 54.7 Å². The average molecular weight is 405 g/mol. The van der Waals surface area contributed by atoms with E-state index in [0.717, 1.165) is 21.4 Å². The van der Waals surface area contributed by atoms with E-state index in [1.54, 1.807) is 30.5 Å². The van der Waals surface area contributed by atoms with Crippen LogP contribution in [-0.4, -0.2) is 40.2 Å². The van der Waals surface area contributed by atoms with Crippen molar-refractivity contribution in [2.24, 2.45) is 0 Å². The zero-order valence-electron chi connectivity index (χ0n) is 15.9. The molecule has 152 valence electrons. The van der Waals surface area contributed by atoms with E-state index in [0.29, 0.717) is 5.56 Å². The highest BCUT2D eigenvalue weighted by Gasteiger charge is 2.29. The standard InChI is InChI=1S/C21H19N5O4/c27-18(9-14-10-22-17-8-4-3-6-15(14)17)24-25-20(29)16-7-2-1-5-13(16)12-26-19(28)11-23-21(26)30/h1-8,10,22H,9,11-12H2,(H,23,30)(H,24,27)(H,25,29). The minimum Gasteiger partial charge on any atom is -0.361 e. The monoisotopic (exact) mass is 405 g/mol. The molecule has 9 nitrogen and oxygen atoms in total. The summed E-state index contributed by atoms with van der Waals surface area (Å²) in [5.41, 5.74) is 7.30. The second-order valence-electron chi connectivity index (χ2n) is 6.83. The molecule has 4 N–H and O–H groups in total. The maximum Gasteiger partial charge on any atom is 0.324 e. The third-order valence-corrected chi connectivity index (χ3v) is 4.87. The number of urea groups is 1. The zero-order chi connectivity index (χ0) is 21.1. The summed E-state index contributed by atoms with van der Waals surface area (Å²) in [7, 11) is 0. The first kappa shape index (κ1) is 19.2. The van der Waals surface area contributed by atoms with Gasteiger partial charge in [0.05, 0.1) is 19.5 Å². The molecule has 0 saturated carbocycles. The summed E-state index contributed by atoms with van der Waals surface area (Å²) < 4.78 is 0. The summed E-state index contributed by atoms with van der Waals surface area (Å²) in [6.45, 7) is -0.0887. The van der Waals surface area contributed by atoms with E-state index >= 15 is 0 Å². The Kier molecular flexibility index (Phi) is 5.17. The lowest BCUT2D eigenvalue weighted by molar-refractivity contribution is -0.125. The van der Waals surface area contributed by atoms with Crippen LogP contribution < -0.4 is 16.2 Å². The highest BCUT2D eigenvalue weighted by Crippen LogP contribution is 2.18. The number of nitrogens with zero attached hydrogens (tertiary/aromatic N) is 1. The Morgan fingerprint density at radius 1 is 0.967 bits per heavy atom. The third kappa shape index (κ3) is 3.86. The van der Waals surface area contributed by atoms with E-state index < -0.39 is 11.9 Å². The number of imide groups is 1. The van der Waals surface area contributed by atoms with Crippen molar-refractivity contribution in [2.45, 2.75) is 13.0 Å². The maximum atomic E-state index is 12.6. The molecule has 0 spiro atoms. The van der Waals surface area contributed by atoms with Gasteiger partial charge >= 0.3 is 6.03 Å². The molecular formula is C21H19N5O4. The van der Waals surface area contributed by atoms with Crippen molar-refractivity contribution < 1.29 is 19.2 Å². The van der Waals surface area contributed by atoms with Gasteiger partial charge in [-0.3, -0.25) is 30.1 Å². The predicted octanol–water partition coefficient (Wildman–Crippen LogP) is 1.22. The van der Waals surface area contributed by atoms with Crippen molar-refractivity contribution in [3.63, 3.8) is 0 Å². The molecule has 2 heterocycles. The molecular weight excluding hydrogens is 386 g/mol. The van der Waals surface area contributed by atoms with Crippen LogP contribution in [0, 0.1) is 0 Å². The summed E-state index contributed by atoms with van der Waals surface area (Å²) in [6, 6.07) is 13.7. The van der Waals surface area contributed by atoms with E-state index in [9.17, 15) is 19.2 Å². The molecule has 1 fully saturated rings. The average Bonchev–Trinajstić information content (AvgIpc) is 3.30. The first-order valence-electron chi connectivity index (χ1n) is 9.33. The minimum atomic E-state index is -0.537. The van der Waals surface area contributed by atoms with Crippen LogP contribution in [0.4, 0.5) is 4.79 Å². The van der Waals surface area contributed by atoms with Gasteiger partial charge in [-0.05, 0) is 23.3 Å². The molecule has 0 atom stereocenters. The van der Waals surface area contributed by atoms with E-state index in [1.807, 2.05) is 24.3 Å². The molecule has 0 bridgehead atoms. The first-order valence-corrected chi connectivity index (χ1v) is 9.33. The summed E-state index contributed by atoms with van der Waals surface area (Å²) >= 11 is 0. The van der Waals surface area contributed by atoms with Gasteiger partial charge in [0.15, 0.2) is 0 Å². The molecule has 4 rings (SSSR count). The number of nitrogens with one attached hydrogen (secondary N) is 4. The summed E-state index contributed by atoms with van der Waals surface area (Å²) in [6.07, 6.45) is 1.86. The van der Waals surface area contributed by atoms with Gasteiger partial charge in [0.2, 0.25) is 11.8 Å². The fraction of sp³-hybridized carbons (Fsp3) is 0.143. The molecule has 1 aliphatic heterocycles. The lowest BCUT2D eigenvalue weighted by Crippen LogP contribution is -2.43. The number of hydrogen-bond donors (Lipinski definition) is 4. The number of aromatic nitrogens is 1. The van der Waals surface area contributed by atoms with E-state index in [2.05, 4.69) is 21.2 Å². The van der Waals surface area contributed by atoms with Gasteiger partial charge in [-0.1, -0.05) is 36.4 Å². The molecule has 3 aromatic rings. The number of carbonyl (C=O) groups is 4. The quantitative estimate of drug-likeness (QED) is 0.376. The van der Waals surface area contributed by atoms with Gasteiger partial charge in [0, 0.05) is 22.7 Å². The smallest absolute Gasteiger partial charge is 0.324 e. The second-order valence-corrected chi connectivity index (χ2v) is 6.83. The Morgan fingerprint density at radius 3 is 2.53 bits per heavy atom. The fourth-order valence-corrected chi connectivity index (χ4v) is 3.35. The molecule has 0 unspecified atom stereocenters. The molecule has 9 heteroatoms. The van der Waals surface area contributed by atoms with Crippen molar-refractivity contribution in [1.29, 1.82) is 0 Å². The van der Waals surface area contributed by atoms with Crippen molar-refractivity contribution >= 4 is 34.7 Å². The largest absolute Gasteiger partial charge is 0.361 e. The van der Waals surface area contributed by atoms with Crippen LogP contribution in [0.1, 0.15) is 21.5 Å². The number of benzene rings is 2. The van der Waals surface area contributed by atoms with Gasteiger partial charge < -0.3 is 10.3 Å². The number of para-hydroxylation sites is 1. The number of amides is 5. The number of hydrogen-bond acceptors (Lipinski definition) is 4. The Bertz CT molecular complexity index is 1140. The molecule has 0 radical (unpaired) electrons. The molecule has 5 amide bonds. The van der Waals surface area contributed by atoms with Crippen LogP contribution in [0.25, 0.3) is 10.9 Å². The topological polar surface area (TPSA) is 123 Å². The van der Waals surface area contributed by atoms with E-state index in [-0.39, 0.29) is 36.9 Å². The number of aromatic amines is 1. The Hall–Kier alpha value is -4.14. The highest BCUT2D eigenvalue weighted by molar-refractivity contribution is 6.02. The Morgan fingerprint density at radius 2 is 1.73 bits per heavy atom. The summed E-state index contributed by atoms with van der Waals surface area (Å²) in [5.74, 6) is -1.27. The molecule has 1 saturated heterocycles. The lowest BCUT2D eigenvalue weighted by Gasteiger charge is -2.15. The number of H-pyrrole nitrogens is 1. The summed E-state index contributed by atoms with van der Waals surface area (Å²) in [4.78, 5) is 52.6. The van der Waals surface area contributed by atoms with Crippen molar-refractivity contribution in [2.75, 3.05) is 6.54 Å². The van der Waals surface area contributed by atoms with Crippen LogP contribution in [-0.2, 0) is 22.6 Å². The van der Waals surface area contributed by atoms with Gasteiger partial charge in [-0.25, -0.2) is 4.79 Å². The van der Waals surface area contributed by atoms with Crippen molar-refractivity contribution in [3.05, 3.63) is 71.4 Å². The fourth-order valence-electron chi connectivity index (χ4n) is 3.35. The third-order valence-electron chi connectivity index (χ3n) is 4.87. The van der Waals surface area contributed by atoms with Gasteiger partial charge in [0.25, 0.3) is 5.91 Å². The molecule has 30 heavy (non-hydrogen) atoms. The normalized spacial score (nSPS) is 13.4. The van der Waals surface area contributed by atoms with E-state index in [1.165, 1.54) is 0 Å². The number of carbonyl (C=O) groups excluding carboxylic acids is 4. The van der Waals surface area contributed by atoms with Crippen LogP contribution >= 0.6 is 0 Å². The minimum absolute atomic E-state index is 0.0302. The molecule has 1 aromatic heterocycles. The Labute approximate surface area is 171 Å². The molecule has 2 aromatic carbocycles. The van der Waals surface area contributed by atoms with Crippen molar-refractivity contribution in [3.8, 4) is 0 Å². The summed E-state index contributed by atoms with van der Waals surface area (Å²) in [5, 5.41) is 3.38. The predicted molar refractivity (Wildman–Crippen MR) is 108 cm³/mol. The van der Waals surface area contributed by atoms with Crippen LogP contribution in [0.5, 0.6) is 0 Å². The van der Waals surface area contributed by atoms with Crippen molar-refractivity contribution in [1.82, 2.24) is 26.1 Å². The highest BCUT2D eigenvalue weighted by atomic mass is 16.2. The first-order chi connectivity index (χ1) is 14.5. The number of hydrazine groups is 1.